The fourth-order valence-corrected chi connectivity index (χ4v) is 3.57. The van der Waals surface area contributed by atoms with Crippen LogP contribution in [0.4, 0.5) is 19.1 Å². The number of urea groups is 1. The van der Waals surface area contributed by atoms with Crippen LogP contribution in [0.5, 0.6) is 5.75 Å². The third-order valence-corrected chi connectivity index (χ3v) is 5.22. The van der Waals surface area contributed by atoms with Gasteiger partial charge in [-0.1, -0.05) is 18.2 Å². The number of rotatable bonds is 6. The van der Waals surface area contributed by atoms with Crippen LogP contribution in [0.2, 0.25) is 0 Å². The molecule has 3 aromatic heterocycles. The molecule has 4 rings (SSSR count). The SMILES string of the molecule is CN(Cc1csc(NC(=O)NCc2cccc(F)c2)n1)C(=O)Oc1cnn2ccccc12. The quantitative estimate of drug-likeness (QED) is 0.460. The van der Waals surface area contributed by atoms with Gasteiger partial charge in [0.15, 0.2) is 10.9 Å². The molecule has 164 valence electrons. The van der Waals surface area contributed by atoms with E-state index in [0.717, 1.165) is 0 Å². The molecule has 0 spiro atoms. The maximum Gasteiger partial charge on any atom is 0.415 e. The summed E-state index contributed by atoms with van der Waals surface area (Å²) in [6, 6.07) is 11.0. The number of nitrogens with one attached hydrogen (secondary N) is 2. The molecule has 0 saturated carbocycles. The van der Waals surface area contributed by atoms with Crippen molar-refractivity contribution in [3.8, 4) is 5.75 Å². The number of thiazole rings is 1. The summed E-state index contributed by atoms with van der Waals surface area (Å²) in [5.41, 5.74) is 1.92. The van der Waals surface area contributed by atoms with Gasteiger partial charge in [0.05, 0.1) is 18.4 Å². The van der Waals surface area contributed by atoms with Crippen molar-refractivity contribution in [2.24, 2.45) is 0 Å². The predicted molar refractivity (Wildman–Crippen MR) is 117 cm³/mol. The van der Waals surface area contributed by atoms with Gasteiger partial charge in [0.2, 0.25) is 0 Å². The van der Waals surface area contributed by atoms with Gasteiger partial charge >= 0.3 is 12.1 Å². The number of ether oxygens (including phenoxy) is 1. The van der Waals surface area contributed by atoms with Crippen molar-refractivity contribution in [3.63, 3.8) is 0 Å². The molecule has 32 heavy (non-hydrogen) atoms. The monoisotopic (exact) mass is 454 g/mol. The summed E-state index contributed by atoms with van der Waals surface area (Å²) in [5, 5.41) is 11.5. The molecule has 0 unspecified atom stereocenters. The third kappa shape index (κ3) is 5.19. The van der Waals surface area contributed by atoms with Crippen LogP contribution in [-0.2, 0) is 13.1 Å². The molecule has 3 heterocycles. The first-order valence-electron chi connectivity index (χ1n) is 9.57. The zero-order valence-electron chi connectivity index (χ0n) is 17.0. The minimum Gasteiger partial charge on any atom is -0.406 e. The van der Waals surface area contributed by atoms with Crippen molar-refractivity contribution >= 4 is 34.1 Å². The van der Waals surface area contributed by atoms with E-state index >= 15 is 0 Å². The molecule has 0 bridgehead atoms. The molecule has 9 nitrogen and oxygen atoms in total. The van der Waals surface area contributed by atoms with Gasteiger partial charge in [0.25, 0.3) is 0 Å². The molecule has 0 aliphatic rings. The number of carbonyl (C=O) groups excluding carboxylic acids is 2. The summed E-state index contributed by atoms with van der Waals surface area (Å²) in [6.45, 7) is 0.376. The number of hydrogen-bond donors (Lipinski definition) is 2. The Morgan fingerprint density at radius 2 is 2.12 bits per heavy atom. The topological polar surface area (TPSA) is 101 Å². The van der Waals surface area contributed by atoms with Crippen LogP contribution in [-0.4, -0.2) is 38.7 Å². The molecule has 0 aliphatic heterocycles. The first kappa shape index (κ1) is 21.2. The molecule has 0 aliphatic carbocycles. The fraction of sp³-hybridized carbons (Fsp3) is 0.143. The van der Waals surface area contributed by atoms with Gasteiger partial charge in [0.1, 0.15) is 11.3 Å². The minimum absolute atomic E-state index is 0.181. The molecule has 0 radical (unpaired) electrons. The summed E-state index contributed by atoms with van der Waals surface area (Å²) >= 11 is 1.23. The first-order chi connectivity index (χ1) is 15.5. The lowest BCUT2D eigenvalue weighted by Crippen LogP contribution is -2.29. The van der Waals surface area contributed by atoms with E-state index in [-0.39, 0.29) is 18.9 Å². The Labute approximate surface area is 186 Å². The maximum absolute atomic E-state index is 13.2. The highest BCUT2D eigenvalue weighted by atomic mass is 32.1. The highest BCUT2D eigenvalue weighted by Gasteiger charge is 2.16. The summed E-state index contributed by atoms with van der Waals surface area (Å²) in [5.74, 6) is -0.00319. The number of aromatic nitrogens is 3. The maximum atomic E-state index is 13.2. The van der Waals surface area contributed by atoms with Crippen LogP contribution in [0, 0.1) is 5.82 Å². The number of pyridine rings is 1. The zero-order chi connectivity index (χ0) is 22.5. The number of nitrogens with zero attached hydrogens (tertiary/aromatic N) is 4. The normalized spacial score (nSPS) is 10.7. The molecular weight excluding hydrogens is 435 g/mol. The van der Waals surface area contributed by atoms with Gasteiger partial charge < -0.3 is 15.0 Å². The molecule has 2 N–H and O–H groups in total. The predicted octanol–water partition coefficient (Wildman–Crippen LogP) is 3.88. The van der Waals surface area contributed by atoms with E-state index in [1.807, 2.05) is 12.1 Å². The second-order valence-corrected chi connectivity index (χ2v) is 7.70. The van der Waals surface area contributed by atoms with E-state index in [1.165, 1.54) is 34.6 Å². The highest BCUT2D eigenvalue weighted by molar-refractivity contribution is 7.13. The second kappa shape index (κ2) is 9.43. The fourth-order valence-electron chi connectivity index (χ4n) is 2.88. The van der Waals surface area contributed by atoms with E-state index in [9.17, 15) is 14.0 Å². The Hall–Kier alpha value is -3.99. The lowest BCUT2D eigenvalue weighted by Gasteiger charge is -2.14. The van der Waals surface area contributed by atoms with Crippen molar-refractivity contribution in [2.45, 2.75) is 13.1 Å². The molecule has 4 aromatic rings. The second-order valence-electron chi connectivity index (χ2n) is 6.84. The number of fused-ring (bicyclic) bond motifs is 1. The summed E-state index contributed by atoms with van der Waals surface area (Å²) in [7, 11) is 1.59. The van der Waals surface area contributed by atoms with Crippen molar-refractivity contribution in [1.82, 2.24) is 24.8 Å². The van der Waals surface area contributed by atoms with Gasteiger partial charge in [0, 0.05) is 25.2 Å². The Morgan fingerprint density at radius 3 is 2.97 bits per heavy atom. The van der Waals surface area contributed by atoms with Crippen LogP contribution < -0.4 is 15.4 Å². The Kier molecular flexibility index (Phi) is 6.26. The van der Waals surface area contributed by atoms with Crippen molar-refractivity contribution < 1.29 is 18.7 Å². The minimum atomic E-state index is -0.556. The van der Waals surface area contributed by atoms with Crippen LogP contribution in [0.1, 0.15) is 11.3 Å². The summed E-state index contributed by atoms with van der Waals surface area (Å²) in [6.07, 6.45) is 2.68. The molecule has 0 saturated heterocycles. The van der Waals surface area contributed by atoms with E-state index in [1.54, 1.807) is 41.3 Å². The first-order valence-corrected chi connectivity index (χ1v) is 10.4. The lowest BCUT2D eigenvalue weighted by molar-refractivity contribution is 0.161. The van der Waals surface area contributed by atoms with Gasteiger partial charge in [-0.15, -0.1) is 11.3 Å². The van der Waals surface area contributed by atoms with E-state index in [4.69, 9.17) is 4.74 Å². The highest BCUT2D eigenvalue weighted by Crippen LogP contribution is 2.20. The Bertz CT molecular complexity index is 1260. The standard InChI is InChI=1S/C21H19FN6O3S/c1-27(21(30)31-18-11-24-28-8-3-2-7-17(18)28)12-16-13-32-20(25-16)26-19(29)23-10-14-5-4-6-15(22)9-14/h2-9,11,13H,10,12H2,1H3,(H2,23,25,26,29). The molecular formula is C21H19FN6O3S. The van der Waals surface area contributed by atoms with Gasteiger partial charge in [-0.3, -0.25) is 5.32 Å². The number of benzene rings is 1. The molecule has 0 atom stereocenters. The number of anilines is 1. The number of carbonyl (C=O) groups is 2. The van der Waals surface area contributed by atoms with E-state index in [2.05, 4.69) is 20.7 Å². The van der Waals surface area contributed by atoms with Gasteiger partial charge in [-0.2, -0.15) is 5.10 Å². The van der Waals surface area contributed by atoms with E-state index < -0.39 is 12.1 Å². The summed E-state index contributed by atoms with van der Waals surface area (Å²) in [4.78, 5) is 30.2. The van der Waals surface area contributed by atoms with Crippen LogP contribution in [0.25, 0.3) is 5.52 Å². The molecule has 0 fully saturated rings. The van der Waals surface area contributed by atoms with Crippen molar-refractivity contribution in [1.29, 1.82) is 0 Å². The van der Waals surface area contributed by atoms with Crippen molar-refractivity contribution in [2.75, 3.05) is 12.4 Å². The van der Waals surface area contributed by atoms with E-state index in [0.29, 0.717) is 27.7 Å². The third-order valence-electron chi connectivity index (χ3n) is 4.41. The van der Waals surface area contributed by atoms with Crippen LogP contribution in [0.15, 0.2) is 60.2 Å². The Balaban J connectivity index is 1.28. The van der Waals surface area contributed by atoms with Gasteiger partial charge in [-0.05, 0) is 29.8 Å². The number of halogens is 1. The molecule has 11 heteroatoms. The van der Waals surface area contributed by atoms with Crippen LogP contribution >= 0.6 is 11.3 Å². The molecule has 1 aromatic carbocycles. The zero-order valence-corrected chi connectivity index (χ0v) is 17.8. The lowest BCUT2D eigenvalue weighted by atomic mass is 10.2. The largest absolute Gasteiger partial charge is 0.415 e. The smallest absolute Gasteiger partial charge is 0.406 e. The number of hydrogen-bond acceptors (Lipinski definition) is 6. The number of amides is 3. The average Bonchev–Trinajstić information content (AvgIpc) is 3.39. The van der Waals surface area contributed by atoms with Crippen LogP contribution in [0.3, 0.4) is 0 Å². The average molecular weight is 454 g/mol. The molecule has 3 amide bonds. The van der Waals surface area contributed by atoms with Crippen molar-refractivity contribution in [3.05, 3.63) is 77.3 Å². The Morgan fingerprint density at radius 1 is 1.25 bits per heavy atom. The summed E-state index contributed by atoms with van der Waals surface area (Å²) < 4.78 is 20.2. The van der Waals surface area contributed by atoms with Gasteiger partial charge in [-0.25, -0.2) is 23.5 Å².